The zero-order valence-corrected chi connectivity index (χ0v) is 12.3. The maximum absolute atomic E-state index is 4.34. The van der Waals surface area contributed by atoms with E-state index >= 15 is 0 Å². The average Bonchev–Trinajstić information content (AvgIpc) is 2.98. The van der Waals surface area contributed by atoms with Crippen molar-refractivity contribution < 1.29 is 0 Å². The second-order valence-corrected chi connectivity index (χ2v) is 6.18. The SMILES string of the molecule is c1ccc(CCSc2nnnn2C2CCCCC2)nc1. The lowest BCUT2D eigenvalue weighted by Gasteiger charge is -2.21. The van der Waals surface area contributed by atoms with Gasteiger partial charge in [-0.3, -0.25) is 4.98 Å². The molecule has 0 spiro atoms. The van der Waals surface area contributed by atoms with Gasteiger partial charge in [-0.15, -0.1) is 5.10 Å². The Morgan fingerprint density at radius 2 is 2.10 bits per heavy atom. The van der Waals surface area contributed by atoms with Gasteiger partial charge >= 0.3 is 0 Å². The molecule has 0 atom stereocenters. The zero-order valence-electron chi connectivity index (χ0n) is 11.5. The van der Waals surface area contributed by atoms with Crippen LogP contribution in [-0.2, 0) is 6.42 Å². The summed E-state index contributed by atoms with van der Waals surface area (Å²) in [5.74, 6) is 0.962. The summed E-state index contributed by atoms with van der Waals surface area (Å²) in [6.45, 7) is 0. The molecule has 0 unspecified atom stereocenters. The van der Waals surface area contributed by atoms with Crippen LogP contribution in [0.1, 0.15) is 43.8 Å². The van der Waals surface area contributed by atoms with E-state index in [9.17, 15) is 0 Å². The topological polar surface area (TPSA) is 56.5 Å². The van der Waals surface area contributed by atoms with Crippen LogP contribution in [0.15, 0.2) is 29.6 Å². The smallest absolute Gasteiger partial charge is 0.209 e. The van der Waals surface area contributed by atoms with Gasteiger partial charge in [-0.05, 0) is 41.8 Å². The van der Waals surface area contributed by atoms with Gasteiger partial charge in [0.15, 0.2) is 0 Å². The Bertz CT molecular complexity index is 521. The number of aryl methyl sites for hydroxylation is 1. The van der Waals surface area contributed by atoms with Gasteiger partial charge in [0.25, 0.3) is 0 Å². The fourth-order valence-electron chi connectivity index (χ4n) is 2.63. The summed E-state index contributed by atoms with van der Waals surface area (Å²) < 4.78 is 2.03. The molecule has 3 rings (SSSR count). The number of rotatable bonds is 5. The van der Waals surface area contributed by atoms with Crippen molar-refractivity contribution in [2.24, 2.45) is 0 Å². The molecule has 2 heterocycles. The van der Waals surface area contributed by atoms with Crippen molar-refractivity contribution in [2.75, 3.05) is 5.75 Å². The molecule has 2 aromatic rings. The van der Waals surface area contributed by atoms with Crippen LogP contribution in [0, 0.1) is 0 Å². The van der Waals surface area contributed by atoms with E-state index in [1.54, 1.807) is 11.8 Å². The Balaban J connectivity index is 1.56. The van der Waals surface area contributed by atoms with Crippen molar-refractivity contribution in [3.63, 3.8) is 0 Å². The Hall–Kier alpha value is -1.43. The van der Waals surface area contributed by atoms with Gasteiger partial charge in [0, 0.05) is 17.6 Å². The highest BCUT2D eigenvalue weighted by atomic mass is 32.2. The van der Waals surface area contributed by atoms with Crippen LogP contribution in [0.2, 0.25) is 0 Å². The number of hydrogen-bond acceptors (Lipinski definition) is 5. The lowest BCUT2D eigenvalue weighted by atomic mass is 9.96. The first-order chi connectivity index (χ1) is 9.93. The molecule has 1 saturated carbocycles. The van der Waals surface area contributed by atoms with Crippen molar-refractivity contribution in [3.8, 4) is 0 Å². The molecule has 0 saturated heterocycles. The van der Waals surface area contributed by atoms with Crippen LogP contribution in [-0.4, -0.2) is 30.9 Å². The van der Waals surface area contributed by atoms with Crippen molar-refractivity contribution in [2.45, 2.75) is 49.7 Å². The largest absolute Gasteiger partial charge is 0.261 e. The summed E-state index contributed by atoms with van der Waals surface area (Å²) in [5.41, 5.74) is 1.12. The Morgan fingerprint density at radius 1 is 1.20 bits per heavy atom. The van der Waals surface area contributed by atoms with Gasteiger partial charge in [-0.25, -0.2) is 4.68 Å². The van der Waals surface area contributed by atoms with Crippen LogP contribution in [0.25, 0.3) is 0 Å². The molecule has 0 radical (unpaired) electrons. The van der Waals surface area contributed by atoms with E-state index in [-0.39, 0.29) is 0 Å². The molecule has 1 aliphatic rings. The van der Waals surface area contributed by atoms with E-state index in [2.05, 4.69) is 26.6 Å². The number of aromatic nitrogens is 5. The van der Waals surface area contributed by atoms with E-state index in [0.717, 1.165) is 23.0 Å². The van der Waals surface area contributed by atoms with E-state index in [1.807, 2.05) is 23.0 Å². The summed E-state index contributed by atoms with van der Waals surface area (Å²) >= 11 is 1.73. The molecular weight excluding hydrogens is 270 g/mol. The lowest BCUT2D eigenvalue weighted by Crippen LogP contribution is -2.15. The van der Waals surface area contributed by atoms with Crippen LogP contribution in [0.5, 0.6) is 0 Å². The molecule has 0 N–H and O–H groups in total. The van der Waals surface area contributed by atoms with Gasteiger partial charge in [0.05, 0.1) is 6.04 Å². The summed E-state index contributed by atoms with van der Waals surface area (Å²) in [6, 6.07) is 6.53. The maximum atomic E-state index is 4.34. The van der Waals surface area contributed by atoms with Crippen LogP contribution in [0.4, 0.5) is 0 Å². The highest BCUT2D eigenvalue weighted by Gasteiger charge is 2.20. The monoisotopic (exact) mass is 289 g/mol. The Morgan fingerprint density at radius 3 is 2.90 bits per heavy atom. The molecule has 0 aromatic carbocycles. The number of tetrazole rings is 1. The van der Waals surface area contributed by atoms with Crippen molar-refractivity contribution >= 4 is 11.8 Å². The van der Waals surface area contributed by atoms with Crippen molar-refractivity contribution in [3.05, 3.63) is 30.1 Å². The Kier molecular flexibility index (Phi) is 4.63. The summed E-state index contributed by atoms with van der Waals surface area (Å²) in [5, 5.41) is 13.2. The van der Waals surface area contributed by atoms with Gasteiger partial charge in [-0.1, -0.05) is 37.1 Å². The summed E-state index contributed by atoms with van der Waals surface area (Å²) in [6.07, 6.45) is 9.14. The molecule has 106 valence electrons. The summed E-state index contributed by atoms with van der Waals surface area (Å²) in [4.78, 5) is 4.34. The van der Waals surface area contributed by atoms with Crippen LogP contribution >= 0.6 is 11.8 Å². The third-order valence-corrected chi connectivity index (χ3v) is 4.63. The van der Waals surface area contributed by atoms with Crippen molar-refractivity contribution in [1.29, 1.82) is 0 Å². The molecule has 20 heavy (non-hydrogen) atoms. The predicted octanol–water partition coefficient (Wildman–Crippen LogP) is 2.91. The van der Waals surface area contributed by atoms with Gasteiger partial charge in [0.2, 0.25) is 5.16 Å². The predicted molar refractivity (Wildman–Crippen MR) is 78.6 cm³/mol. The van der Waals surface area contributed by atoms with Gasteiger partial charge in [0.1, 0.15) is 0 Å². The second kappa shape index (κ2) is 6.83. The minimum atomic E-state index is 0.496. The number of pyridine rings is 1. The zero-order chi connectivity index (χ0) is 13.6. The number of thioether (sulfide) groups is 1. The fraction of sp³-hybridized carbons (Fsp3) is 0.571. The summed E-state index contributed by atoms with van der Waals surface area (Å²) in [7, 11) is 0. The van der Waals surface area contributed by atoms with E-state index < -0.39 is 0 Å². The third kappa shape index (κ3) is 3.36. The molecule has 1 fully saturated rings. The quantitative estimate of drug-likeness (QED) is 0.792. The van der Waals surface area contributed by atoms with E-state index in [0.29, 0.717) is 6.04 Å². The fourth-order valence-corrected chi connectivity index (χ4v) is 3.53. The van der Waals surface area contributed by atoms with Gasteiger partial charge < -0.3 is 0 Å². The molecule has 0 amide bonds. The average molecular weight is 289 g/mol. The van der Waals surface area contributed by atoms with Gasteiger partial charge in [-0.2, -0.15) is 0 Å². The molecule has 0 bridgehead atoms. The molecule has 6 heteroatoms. The van der Waals surface area contributed by atoms with Crippen molar-refractivity contribution in [1.82, 2.24) is 25.2 Å². The second-order valence-electron chi connectivity index (χ2n) is 5.12. The Labute approximate surface area is 123 Å². The number of nitrogens with zero attached hydrogens (tertiary/aromatic N) is 5. The third-order valence-electron chi connectivity index (χ3n) is 3.70. The van der Waals surface area contributed by atoms with Crippen LogP contribution < -0.4 is 0 Å². The highest BCUT2D eigenvalue weighted by molar-refractivity contribution is 7.99. The minimum absolute atomic E-state index is 0.496. The minimum Gasteiger partial charge on any atom is -0.261 e. The molecule has 2 aromatic heterocycles. The maximum Gasteiger partial charge on any atom is 0.209 e. The molecule has 5 nitrogen and oxygen atoms in total. The molecular formula is C14H19N5S. The normalized spacial score (nSPS) is 16.4. The first-order valence-electron chi connectivity index (χ1n) is 7.24. The number of hydrogen-bond donors (Lipinski definition) is 0. The molecule has 1 aliphatic carbocycles. The lowest BCUT2D eigenvalue weighted by molar-refractivity contribution is 0.307. The first-order valence-corrected chi connectivity index (χ1v) is 8.22. The van der Waals surface area contributed by atoms with E-state index in [1.165, 1.54) is 32.1 Å². The highest BCUT2D eigenvalue weighted by Crippen LogP contribution is 2.30. The van der Waals surface area contributed by atoms with Crippen LogP contribution in [0.3, 0.4) is 0 Å². The molecule has 0 aliphatic heterocycles. The standard InChI is InChI=1S/C14H19N5S/c1-2-7-13(8-3-1)19-14(16-17-18-19)20-11-9-12-6-4-5-10-15-12/h4-6,10,13H,1-3,7-9,11H2. The van der Waals surface area contributed by atoms with E-state index in [4.69, 9.17) is 0 Å². The first kappa shape index (κ1) is 13.5.